The average Bonchev–Trinajstić information content (AvgIpc) is 2.13. The van der Waals surface area contributed by atoms with E-state index in [0.717, 1.165) is 0 Å². The fourth-order valence-corrected chi connectivity index (χ4v) is 2.19. The molecule has 0 unspecified atom stereocenters. The van der Waals surface area contributed by atoms with Crippen molar-refractivity contribution in [2.75, 3.05) is 13.2 Å². The van der Waals surface area contributed by atoms with Crippen LogP contribution in [-0.4, -0.2) is 18.4 Å². The predicted octanol–water partition coefficient (Wildman–Crippen LogP) is 3.54. The van der Waals surface area contributed by atoms with Gasteiger partial charge in [-0.2, -0.15) is 0 Å². The molecule has 0 spiro atoms. The molecule has 15 heavy (non-hydrogen) atoms. The molecule has 0 heterocycles. The van der Waals surface area contributed by atoms with Gasteiger partial charge in [0.25, 0.3) is 0 Å². The Kier molecular flexibility index (Phi) is 7.24. The molecular formula is C9H18NO3PS. The molecule has 0 bridgehead atoms. The summed E-state index contributed by atoms with van der Waals surface area (Å²) < 4.78 is 25.6. The minimum absolute atomic E-state index is 0.265. The molecule has 0 fully saturated rings. The highest BCUT2D eigenvalue weighted by Gasteiger charge is 2.24. The number of hydrogen-bond acceptors (Lipinski definition) is 4. The van der Waals surface area contributed by atoms with Crippen LogP contribution in [0.1, 0.15) is 27.7 Å². The summed E-state index contributed by atoms with van der Waals surface area (Å²) in [6.07, 6.45) is 0. The van der Waals surface area contributed by atoms with Crippen LogP contribution in [0.2, 0.25) is 0 Å². The Morgan fingerprint density at radius 2 is 1.60 bits per heavy atom. The van der Waals surface area contributed by atoms with E-state index in [9.17, 15) is 4.57 Å². The standard InChI is InChI=1S/C9H18NO3PS/c1-8(2)5-12-14(11,10-7-15)13-6-9(3)4/h8-9H,5-6H2,1-4H3. The van der Waals surface area contributed by atoms with Crippen molar-refractivity contribution < 1.29 is 13.6 Å². The maximum atomic E-state index is 11.9. The van der Waals surface area contributed by atoms with Gasteiger partial charge in [0.05, 0.1) is 18.4 Å². The Bertz CT molecular complexity index is 259. The second-order valence-corrected chi connectivity index (χ2v) is 5.88. The van der Waals surface area contributed by atoms with E-state index in [4.69, 9.17) is 9.05 Å². The van der Waals surface area contributed by atoms with E-state index in [1.165, 1.54) is 0 Å². The molecule has 0 amide bonds. The van der Waals surface area contributed by atoms with Crippen LogP contribution >= 0.6 is 20.0 Å². The van der Waals surface area contributed by atoms with Crippen molar-refractivity contribution in [2.24, 2.45) is 16.6 Å². The molecule has 6 heteroatoms. The molecule has 0 saturated carbocycles. The fraction of sp³-hybridized carbons (Fsp3) is 0.889. The molecule has 0 N–H and O–H groups in total. The summed E-state index contributed by atoms with van der Waals surface area (Å²) in [7, 11) is -3.42. The summed E-state index contributed by atoms with van der Waals surface area (Å²) in [5, 5.41) is 2.05. The second kappa shape index (κ2) is 7.26. The molecule has 0 atom stereocenters. The van der Waals surface area contributed by atoms with Crippen molar-refractivity contribution in [3.8, 4) is 0 Å². The first-order valence-electron chi connectivity index (χ1n) is 4.88. The summed E-state index contributed by atoms with van der Waals surface area (Å²) in [5.74, 6) is 0.530. The lowest BCUT2D eigenvalue weighted by atomic mass is 10.2. The first kappa shape index (κ1) is 14.9. The molecule has 88 valence electrons. The normalized spacial score (nSPS) is 11.9. The van der Waals surface area contributed by atoms with E-state index in [1.54, 1.807) is 0 Å². The van der Waals surface area contributed by atoms with E-state index < -0.39 is 7.75 Å². The summed E-state index contributed by atoms with van der Waals surface area (Å²) in [5.41, 5.74) is 0. The highest BCUT2D eigenvalue weighted by atomic mass is 32.1. The van der Waals surface area contributed by atoms with Gasteiger partial charge in [-0.05, 0) is 24.1 Å². The molecule has 0 aliphatic rings. The van der Waals surface area contributed by atoms with E-state index in [-0.39, 0.29) is 11.8 Å². The molecule has 0 saturated heterocycles. The smallest absolute Gasteiger partial charge is 0.290 e. The number of nitrogens with zero attached hydrogens (tertiary/aromatic N) is 1. The van der Waals surface area contributed by atoms with E-state index >= 15 is 0 Å². The van der Waals surface area contributed by atoms with Crippen LogP contribution in [-0.2, 0) is 13.6 Å². The van der Waals surface area contributed by atoms with E-state index in [0.29, 0.717) is 13.2 Å². The summed E-state index contributed by atoms with van der Waals surface area (Å²) >= 11 is 4.41. The van der Waals surface area contributed by atoms with Crippen LogP contribution in [0.25, 0.3) is 0 Å². The van der Waals surface area contributed by atoms with Gasteiger partial charge >= 0.3 is 7.75 Å². The zero-order valence-electron chi connectivity index (χ0n) is 9.60. The third kappa shape index (κ3) is 7.83. The summed E-state index contributed by atoms with van der Waals surface area (Å²) in [6, 6.07) is 0. The second-order valence-electron chi connectivity index (χ2n) is 4.04. The molecule has 0 aliphatic heterocycles. The van der Waals surface area contributed by atoms with Gasteiger partial charge in [-0.25, -0.2) is 4.57 Å². The Morgan fingerprint density at radius 1 is 1.20 bits per heavy atom. The van der Waals surface area contributed by atoms with Gasteiger partial charge in [0.1, 0.15) is 0 Å². The highest BCUT2D eigenvalue weighted by molar-refractivity contribution is 7.78. The maximum Gasteiger partial charge on any atom is 0.462 e. The summed E-state index contributed by atoms with van der Waals surface area (Å²) in [6.45, 7) is 8.47. The van der Waals surface area contributed by atoms with Gasteiger partial charge in [-0.15, -0.1) is 4.76 Å². The molecule has 0 aromatic carbocycles. The summed E-state index contributed by atoms with van der Waals surface area (Å²) in [4.78, 5) is 0. The van der Waals surface area contributed by atoms with Gasteiger partial charge in [0, 0.05) is 0 Å². The zero-order valence-corrected chi connectivity index (χ0v) is 11.3. The third-order valence-electron chi connectivity index (χ3n) is 1.31. The topological polar surface area (TPSA) is 47.9 Å². The molecule has 0 radical (unpaired) electrons. The predicted molar refractivity (Wildman–Crippen MR) is 64.2 cm³/mol. The lowest BCUT2D eigenvalue weighted by Gasteiger charge is -2.15. The maximum absolute atomic E-state index is 11.9. The van der Waals surface area contributed by atoms with Crippen molar-refractivity contribution in [1.82, 2.24) is 0 Å². The van der Waals surface area contributed by atoms with Crippen molar-refractivity contribution in [3.05, 3.63) is 0 Å². The van der Waals surface area contributed by atoms with Crippen LogP contribution in [0.4, 0.5) is 0 Å². The molecule has 0 aromatic rings. The quantitative estimate of drug-likeness (QED) is 0.394. The van der Waals surface area contributed by atoms with Gasteiger partial charge < -0.3 is 0 Å². The van der Waals surface area contributed by atoms with Crippen LogP contribution in [0.3, 0.4) is 0 Å². The number of hydrogen-bond donors (Lipinski definition) is 0. The SMILES string of the molecule is CC(C)COP(=O)(N=C=S)OCC(C)C. The highest BCUT2D eigenvalue weighted by Crippen LogP contribution is 2.49. The monoisotopic (exact) mass is 251 g/mol. The van der Waals surface area contributed by atoms with E-state index in [2.05, 4.69) is 22.1 Å². The Labute approximate surface area is 96.7 Å². The van der Waals surface area contributed by atoms with Crippen LogP contribution < -0.4 is 0 Å². The van der Waals surface area contributed by atoms with Gasteiger partial charge in [0.15, 0.2) is 0 Å². The third-order valence-corrected chi connectivity index (χ3v) is 2.83. The fourth-order valence-electron chi connectivity index (χ4n) is 0.632. The van der Waals surface area contributed by atoms with E-state index in [1.807, 2.05) is 27.7 Å². The largest absolute Gasteiger partial charge is 0.462 e. The van der Waals surface area contributed by atoms with Gasteiger partial charge in [-0.1, -0.05) is 27.7 Å². The number of thiocarbonyl (C=S) groups is 1. The Hall–Kier alpha value is -0.0500. The zero-order chi connectivity index (χ0) is 11.9. The lowest BCUT2D eigenvalue weighted by molar-refractivity contribution is 0.174. The van der Waals surface area contributed by atoms with Crippen LogP contribution in [0, 0.1) is 11.8 Å². The van der Waals surface area contributed by atoms with Crippen LogP contribution in [0.5, 0.6) is 0 Å². The van der Waals surface area contributed by atoms with Crippen molar-refractivity contribution >= 4 is 25.1 Å². The minimum atomic E-state index is -3.42. The molecule has 0 aliphatic carbocycles. The molecular weight excluding hydrogens is 233 g/mol. The Morgan fingerprint density at radius 3 is 1.87 bits per heavy atom. The minimum Gasteiger partial charge on any atom is -0.290 e. The molecule has 4 nitrogen and oxygen atoms in total. The number of isothiocyanates is 1. The van der Waals surface area contributed by atoms with Crippen molar-refractivity contribution in [1.29, 1.82) is 0 Å². The first-order chi connectivity index (χ1) is 6.89. The Balaban J connectivity index is 4.32. The molecule has 0 rings (SSSR count). The average molecular weight is 251 g/mol. The number of rotatable bonds is 7. The van der Waals surface area contributed by atoms with Gasteiger partial charge in [0.2, 0.25) is 0 Å². The lowest BCUT2D eigenvalue weighted by Crippen LogP contribution is -2.05. The first-order valence-corrected chi connectivity index (χ1v) is 6.78. The molecule has 0 aromatic heterocycles. The van der Waals surface area contributed by atoms with Crippen LogP contribution in [0.15, 0.2) is 4.76 Å². The van der Waals surface area contributed by atoms with Gasteiger partial charge in [-0.3, -0.25) is 9.05 Å². The van der Waals surface area contributed by atoms with Crippen molar-refractivity contribution in [3.63, 3.8) is 0 Å². The van der Waals surface area contributed by atoms with Crippen molar-refractivity contribution in [2.45, 2.75) is 27.7 Å².